The quantitative estimate of drug-likeness (QED) is 0.840. The van der Waals surface area contributed by atoms with Crippen LogP contribution in [-0.4, -0.2) is 29.1 Å². The lowest BCUT2D eigenvalue weighted by Crippen LogP contribution is -2.26. The number of nitroso groups, excluding NO2 is 1. The summed E-state index contributed by atoms with van der Waals surface area (Å²) < 4.78 is 0. The van der Waals surface area contributed by atoms with E-state index in [-0.39, 0.29) is 0 Å². The summed E-state index contributed by atoms with van der Waals surface area (Å²) in [6, 6.07) is 0.458. The maximum atomic E-state index is 11.5. The van der Waals surface area contributed by atoms with Gasteiger partial charge in [-0.1, -0.05) is 12.8 Å². The van der Waals surface area contributed by atoms with Crippen LogP contribution in [0.2, 0.25) is 0 Å². The molecule has 118 valence electrons. The fraction of sp³-hybridized carbons (Fsp3) is 0.750. The van der Waals surface area contributed by atoms with E-state index in [1.165, 1.54) is 12.8 Å². The maximum Gasteiger partial charge on any atom is 0.192 e. The second-order valence-electron chi connectivity index (χ2n) is 6.79. The second kappa shape index (κ2) is 5.82. The molecule has 3 fully saturated rings. The van der Waals surface area contributed by atoms with E-state index in [4.69, 9.17) is 4.98 Å². The third-order valence-electron chi connectivity index (χ3n) is 4.74. The lowest BCUT2D eigenvalue weighted by atomic mass is 10.2. The first kappa shape index (κ1) is 13.9. The Morgan fingerprint density at radius 2 is 1.73 bits per heavy atom. The van der Waals surface area contributed by atoms with E-state index in [1.807, 2.05) is 0 Å². The van der Waals surface area contributed by atoms with Gasteiger partial charge >= 0.3 is 0 Å². The Balaban J connectivity index is 1.72. The highest BCUT2D eigenvalue weighted by Crippen LogP contribution is 2.43. The third-order valence-corrected chi connectivity index (χ3v) is 4.74. The van der Waals surface area contributed by atoms with Gasteiger partial charge in [-0.05, 0) is 43.7 Å². The van der Waals surface area contributed by atoms with Crippen molar-refractivity contribution in [2.45, 2.75) is 63.3 Å². The molecular formula is C16H23N5O. The molecule has 2 saturated carbocycles. The molecule has 1 saturated heterocycles. The van der Waals surface area contributed by atoms with Gasteiger partial charge in [-0.2, -0.15) is 0 Å². The summed E-state index contributed by atoms with van der Waals surface area (Å²) in [6.07, 6.45) is 9.47. The number of hydrogen-bond acceptors (Lipinski definition) is 6. The van der Waals surface area contributed by atoms with Crippen LogP contribution in [0.25, 0.3) is 0 Å². The summed E-state index contributed by atoms with van der Waals surface area (Å²) in [5, 5.41) is 6.68. The van der Waals surface area contributed by atoms with Gasteiger partial charge in [0.05, 0.1) is 0 Å². The summed E-state index contributed by atoms with van der Waals surface area (Å²) in [4.78, 5) is 23.1. The van der Waals surface area contributed by atoms with Gasteiger partial charge in [0.2, 0.25) is 0 Å². The van der Waals surface area contributed by atoms with E-state index in [0.29, 0.717) is 23.5 Å². The second-order valence-corrected chi connectivity index (χ2v) is 6.79. The zero-order valence-corrected chi connectivity index (χ0v) is 12.9. The molecule has 3 aliphatic rings. The van der Waals surface area contributed by atoms with Crippen molar-refractivity contribution in [3.63, 3.8) is 0 Å². The van der Waals surface area contributed by atoms with Gasteiger partial charge in [-0.25, -0.2) is 9.97 Å². The van der Waals surface area contributed by atoms with Gasteiger partial charge in [0.1, 0.15) is 5.82 Å². The highest BCUT2D eigenvalue weighted by atomic mass is 16.3. The van der Waals surface area contributed by atoms with Crippen LogP contribution in [0.15, 0.2) is 5.18 Å². The van der Waals surface area contributed by atoms with Crippen molar-refractivity contribution in [1.29, 1.82) is 0 Å². The first-order chi connectivity index (χ1) is 10.8. The maximum absolute atomic E-state index is 11.5. The van der Waals surface area contributed by atoms with Crippen molar-refractivity contribution in [3.8, 4) is 0 Å². The molecule has 0 aromatic carbocycles. The molecule has 1 aliphatic heterocycles. The fourth-order valence-electron chi connectivity index (χ4n) is 3.09. The van der Waals surface area contributed by atoms with Gasteiger partial charge < -0.3 is 10.2 Å². The number of aromatic nitrogens is 2. The standard InChI is InChI=1S/C16H23N5O/c22-20-13-15(17-12-7-8-12)18-14(11-5-6-11)19-16(13)21-9-3-1-2-4-10-21/h11-12H,1-10H2,(H,17,18,19). The van der Waals surface area contributed by atoms with Gasteiger partial charge in [0, 0.05) is 25.0 Å². The average molecular weight is 301 g/mol. The molecule has 1 aromatic heterocycles. The van der Waals surface area contributed by atoms with Crippen LogP contribution < -0.4 is 10.2 Å². The van der Waals surface area contributed by atoms with E-state index in [2.05, 4.69) is 20.4 Å². The fourth-order valence-corrected chi connectivity index (χ4v) is 3.09. The first-order valence-electron chi connectivity index (χ1n) is 8.62. The molecule has 0 unspecified atom stereocenters. The van der Waals surface area contributed by atoms with Crippen LogP contribution in [0, 0.1) is 4.91 Å². The lowest BCUT2D eigenvalue weighted by Gasteiger charge is -2.23. The van der Waals surface area contributed by atoms with Crippen molar-refractivity contribution in [3.05, 3.63) is 10.7 Å². The summed E-state index contributed by atoms with van der Waals surface area (Å²) >= 11 is 0. The third kappa shape index (κ3) is 2.91. The summed E-state index contributed by atoms with van der Waals surface area (Å²) in [6.45, 7) is 1.93. The van der Waals surface area contributed by atoms with Crippen molar-refractivity contribution < 1.29 is 0 Å². The number of anilines is 2. The van der Waals surface area contributed by atoms with Gasteiger partial charge in [-0.3, -0.25) is 0 Å². The number of rotatable bonds is 5. The monoisotopic (exact) mass is 301 g/mol. The largest absolute Gasteiger partial charge is 0.365 e. The van der Waals surface area contributed by atoms with Crippen LogP contribution in [0.1, 0.15) is 63.1 Å². The lowest BCUT2D eigenvalue weighted by molar-refractivity contribution is 0.726. The summed E-state index contributed by atoms with van der Waals surface area (Å²) in [5.74, 6) is 2.80. The zero-order chi connectivity index (χ0) is 14.9. The molecule has 2 aliphatic carbocycles. The SMILES string of the molecule is O=Nc1c(NC2CC2)nc(C2CC2)nc1N1CCCCCC1. The van der Waals surface area contributed by atoms with Crippen LogP contribution in [0.3, 0.4) is 0 Å². The van der Waals surface area contributed by atoms with E-state index in [9.17, 15) is 4.91 Å². The Morgan fingerprint density at radius 1 is 1.00 bits per heavy atom. The smallest absolute Gasteiger partial charge is 0.192 e. The minimum absolute atomic E-state index is 0.415. The average Bonchev–Trinajstić information content (AvgIpc) is 3.41. The molecule has 22 heavy (non-hydrogen) atoms. The minimum Gasteiger partial charge on any atom is -0.365 e. The van der Waals surface area contributed by atoms with Crippen LogP contribution in [0.5, 0.6) is 0 Å². The Morgan fingerprint density at radius 3 is 2.32 bits per heavy atom. The van der Waals surface area contributed by atoms with Gasteiger partial charge in [-0.15, -0.1) is 4.91 Å². The molecule has 0 amide bonds. The highest BCUT2D eigenvalue weighted by Gasteiger charge is 2.32. The van der Waals surface area contributed by atoms with Crippen LogP contribution in [0.4, 0.5) is 17.3 Å². The Kier molecular flexibility index (Phi) is 3.68. The Labute approximate surface area is 130 Å². The predicted molar refractivity (Wildman–Crippen MR) is 86.8 cm³/mol. The van der Waals surface area contributed by atoms with Crippen molar-refractivity contribution in [2.24, 2.45) is 5.18 Å². The number of nitrogens with zero attached hydrogens (tertiary/aromatic N) is 4. The Hall–Kier alpha value is -1.72. The predicted octanol–water partition coefficient (Wildman–Crippen LogP) is 3.71. The van der Waals surface area contributed by atoms with E-state index >= 15 is 0 Å². The van der Waals surface area contributed by atoms with Crippen LogP contribution in [-0.2, 0) is 0 Å². The Bertz CT molecular complexity index is 560. The van der Waals surface area contributed by atoms with E-state index in [0.717, 1.165) is 63.3 Å². The number of nitrogens with one attached hydrogen (secondary N) is 1. The minimum atomic E-state index is 0.415. The highest BCUT2D eigenvalue weighted by molar-refractivity contribution is 5.75. The van der Waals surface area contributed by atoms with Gasteiger partial charge in [0.15, 0.2) is 17.3 Å². The molecule has 6 nitrogen and oxygen atoms in total. The molecule has 6 heteroatoms. The molecule has 1 N–H and O–H groups in total. The topological polar surface area (TPSA) is 70.5 Å². The van der Waals surface area contributed by atoms with Gasteiger partial charge in [0.25, 0.3) is 0 Å². The van der Waals surface area contributed by atoms with E-state index in [1.54, 1.807) is 0 Å². The number of hydrogen-bond donors (Lipinski definition) is 1. The molecule has 2 heterocycles. The van der Waals surface area contributed by atoms with Crippen molar-refractivity contribution >= 4 is 17.3 Å². The normalized spacial score (nSPS) is 22.3. The molecule has 0 bridgehead atoms. The van der Waals surface area contributed by atoms with E-state index < -0.39 is 0 Å². The molecular weight excluding hydrogens is 278 g/mol. The first-order valence-corrected chi connectivity index (χ1v) is 8.62. The van der Waals surface area contributed by atoms with Crippen molar-refractivity contribution in [1.82, 2.24) is 9.97 Å². The zero-order valence-electron chi connectivity index (χ0n) is 12.9. The molecule has 4 rings (SSSR count). The summed E-state index contributed by atoms with van der Waals surface area (Å²) in [5.41, 5.74) is 0.415. The molecule has 0 spiro atoms. The summed E-state index contributed by atoms with van der Waals surface area (Å²) in [7, 11) is 0. The van der Waals surface area contributed by atoms with Crippen LogP contribution >= 0.6 is 0 Å². The molecule has 1 aromatic rings. The molecule has 0 atom stereocenters. The van der Waals surface area contributed by atoms with Crippen molar-refractivity contribution in [2.75, 3.05) is 23.3 Å². The molecule has 0 radical (unpaired) electrons.